The Morgan fingerprint density at radius 2 is 2.30 bits per heavy atom. The average molecular weight is 358 g/mol. The van der Waals surface area contributed by atoms with E-state index in [4.69, 9.17) is 15.0 Å². The molecular formula is C13H16BrN3O2S. The Morgan fingerprint density at radius 1 is 1.50 bits per heavy atom. The molecule has 1 aromatic carbocycles. The van der Waals surface area contributed by atoms with Gasteiger partial charge in [0.2, 0.25) is 11.7 Å². The summed E-state index contributed by atoms with van der Waals surface area (Å²) in [6.07, 6.45) is 2.86. The molecule has 1 heterocycles. The molecule has 108 valence electrons. The van der Waals surface area contributed by atoms with Crippen LogP contribution < -0.4 is 10.5 Å². The lowest BCUT2D eigenvalue weighted by Gasteiger charge is -2.04. The zero-order valence-electron chi connectivity index (χ0n) is 11.3. The Labute approximate surface area is 130 Å². The summed E-state index contributed by atoms with van der Waals surface area (Å²) in [5.74, 6) is 2.73. The van der Waals surface area contributed by atoms with E-state index < -0.39 is 0 Å². The van der Waals surface area contributed by atoms with Crippen LogP contribution in [0.25, 0.3) is 11.4 Å². The van der Waals surface area contributed by atoms with Crippen molar-refractivity contribution < 1.29 is 9.26 Å². The summed E-state index contributed by atoms with van der Waals surface area (Å²) >= 11 is 5.18. The fourth-order valence-corrected chi connectivity index (χ4v) is 2.71. The number of halogens is 1. The summed E-state index contributed by atoms with van der Waals surface area (Å²) in [6.45, 7) is 0. The smallest absolute Gasteiger partial charge is 0.243 e. The van der Waals surface area contributed by atoms with Crippen molar-refractivity contribution >= 4 is 27.7 Å². The molecule has 1 aromatic heterocycles. The second-order valence-electron chi connectivity index (χ2n) is 4.19. The summed E-state index contributed by atoms with van der Waals surface area (Å²) in [5, 5.41) is 3.98. The van der Waals surface area contributed by atoms with E-state index >= 15 is 0 Å². The molecule has 0 unspecified atom stereocenters. The van der Waals surface area contributed by atoms with E-state index in [1.807, 2.05) is 24.5 Å². The first-order chi connectivity index (χ1) is 9.65. The van der Waals surface area contributed by atoms with Gasteiger partial charge in [0, 0.05) is 5.56 Å². The summed E-state index contributed by atoms with van der Waals surface area (Å²) in [6, 6.07) is 5.40. The van der Waals surface area contributed by atoms with Gasteiger partial charge >= 0.3 is 0 Å². The molecule has 1 atom stereocenters. The number of benzene rings is 1. The highest BCUT2D eigenvalue weighted by molar-refractivity contribution is 9.10. The first kappa shape index (κ1) is 15.3. The molecule has 2 aromatic rings. The molecule has 7 heteroatoms. The standard InChI is InChI=1S/C13H16BrN3O2S/c1-18-11-4-3-8(7-9(11)14)12-16-13(19-17-12)10(15)5-6-20-2/h3-4,7,10H,5-6,15H2,1-2H3/t10-/m1/s1. The quantitative estimate of drug-likeness (QED) is 0.854. The van der Waals surface area contributed by atoms with Gasteiger partial charge in [-0.05, 0) is 52.6 Å². The molecule has 0 spiro atoms. The largest absolute Gasteiger partial charge is 0.496 e. The monoisotopic (exact) mass is 357 g/mol. The third-order valence-electron chi connectivity index (χ3n) is 2.80. The lowest BCUT2D eigenvalue weighted by atomic mass is 10.2. The molecule has 2 rings (SSSR count). The summed E-state index contributed by atoms with van der Waals surface area (Å²) in [7, 11) is 1.62. The van der Waals surface area contributed by atoms with Crippen LogP contribution in [0.15, 0.2) is 27.2 Å². The third-order valence-corrected chi connectivity index (χ3v) is 4.07. The Hall–Kier alpha value is -1.05. The number of methoxy groups -OCH3 is 1. The zero-order chi connectivity index (χ0) is 14.5. The zero-order valence-corrected chi connectivity index (χ0v) is 13.7. The second-order valence-corrected chi connectivity index (χ2v) is 6.03. The van der Waals surface area contributed by atoms with Gasteiger partial charge in [-0.2, -0.15) is 16.7 Å². The fraction of sp³-hybridized carbons (Fsp3) is 0.385. The van der Waals surface area contributed by atoms with Crippen LogP contribution in [0.4, 0.5) is 0 Å². The molecule has 20 heavy (non-hydrogen) atoms. The molecule has 0 bridgehead atoms. The number of hydrogen-bond donors (Lipinski definition) is 1. The van der Waals surface area contributed by atoms with Crippen molar-refractivity contribution in [3.05, 3.63) is 28.6 Å². The highest BCUT2D eigenvalue weighted by Crippen LogP contribution is 2.29. The van der Waals surface area contributed by atoms with Crippen molar-refractivity contribution in [3.8, 4) is 17.1 Å². The molecule has 0 aliphatic rings. The summed E-state index contributed by atoms with van der Waals surface area (Å²) in [5.41, 5.74) is 6.86. The van der Waals surface area contributed by atoms with Gasteiger partial charge in [-0.25, -0.2) is 0 Å². The molecule has 0 saturated heterocycles. The van der Waals surface area contributed by atoms with Crippen LogP contribution in [-0.4, -0.2) is 29.3 Å². The first-order valence-electron chi connectivity index (χ1n) is 6.07. The van der Waals surface area contributed by atoms with Crippen LogP contribution in [-0.2, 0) is 0 Å². The van der Waals surface area contributed by atoms with E-state index in [0.717, 1.165) is 28.0 Å². The summed E-state index contributed by atoms with van der Waals surface area (Å²) < 4.78 is 11.3. The Morgan fingerprint density at radius 3 is 2.95 bits per heavy atom. The van der Waals surface area contributed by atoms with Crippen LogP contribution in [0, 0.1) is 0 Å². The van der Waals surface area contributed by atoms with Gasteiger partial charge in [0.1, 0.15) is 5.75 Å². The highest BCUT2D eigenvalue weighted by Gasteiger charge is 2.16. The highest BCUT2D eigenvalue weighted by atomic mass is 79.9. The van der Waals surface area contributed by atoms with Gasteiger partial charge < -0.3 is 15.0 Å². The van der Waals surface area contributed by atoms with E-state index in [0.29, 0.717) is 11.7 Å². The van der Waals surface area contributed by atoms with Crippen LogP contribution in [0.1, 0.15) is 18.4 Å². The van der Waals surface area contributed by atoms with Crippen LogP contribution in [0.2, 0.25) is 0 Å². The average Bonchev–Trinajstić information content (AvgIpc) is 2.94. The van der Waals surface area contributed by atoms with Crippen molar-refractivity contribution in [1.82, 2.24) is 10.1 Å². The number of nitrogens with two attached hydrogens (primary N) is 1. The maximum absolute atomic E-state index is 6.01. The molecular weight excluding hydrogens is 342 g/mol. The third kappa shape index (κ3) is 3.53. The van der Waals surface area contributed by atoms with Crippen LogP contribution in [0.5, 0.6) is 5.75 Å². The van der Waals surface area contributed by atoms with Gasteiger partial charge in [0.05, 0.1) is 17.6 Å². The fourth-order valence-electron chi connectivity index (χ4n) is 1.68. The van der Waals surface area contributed by atoms with E-state index in [1.165, 1.54) is 0 Å². The van der Waals surface area contributed by atoms with Gasteiger partial charge in [-0.3, -0.25) is 0 Å². The molecule has 0 fully saturated rings. The van der Waals surface area contributed by atoms with Crippen molar-refractivity contribution in [2.24, 2.45) is 5.73 Å². The minimum atomic E-state index is -0.217. The molecule has 0 radical (unpaired) electrons. The van der Waals surface area contributed by atoms with Crippen molar-refractivity contribution in [3.63, 3.8) is 0 Å². The Bertz CT molecular complexity index is 576. The molecule has 0 amide bonds. The number of ether oxygens (including phenoxy) is 1. The van der Waals surface area contributed by atoms with Gasteiger partial charge in [-0.15, -0.1) is 0 Å². The maximum atomic E-state index is 6.01. The maximum Gasteiger partial charge on any atom is 0.243 e. The van der Waals surface area contributed by atoms with E-state index in [-0.39, 0.29) is 6.04 Å². The number of nitrogens with zero attached hydrogens (tertiary/aromatic N) is 2. The lowest BCUT2D eigenvalue weighted by Crippen LogP contribution is -2.11. The first-order valence-corrected chi connectivity index (χ1v) is 8.26. The predicted molar refractivity (Wildman–Crippen MR) is 83.9 cm³/mol. The van der Waals surface area contributed by atoms with Crippen LogP contribution >= 0.6 is 27.7 Å². The van der Waals surface area contributed by atoms with Gasteiger partial charge in [-0.1, -0.05) is 5.16 Å². The lowest BCUT2D eigenvalue weighted by molar-refractivity contribution is 0.353. The second kappa shape index (κ2) is 7.10. The Kier molecular flexibility index (Phi) is 5.45. The molecule has 0 aliphatic heterocycles. The number of thioether (sulfide) groups is 1. The minimum absolute atomic E-state index is 0.217. The van der Waals surface area contributed by atoms with Crippen molar-refractivity contribution in [2.45, 2.75) is 12.5 Å². The number of rotatable bonds is 6. The number of hydrogen-bond acceptors (Lipinski definition) is 6. The van der Waals surface area contributed by atoms with E-state index in [2.05, 4.69) is 26.1 Å². The number of aromatic nitrogens is 2. The van der Waals surface area contributed by atoms with Gasteiger partial charge in [0.15, 0.2) is 0 Å². The Balaban J connectivity index is 2.18. The van der Waals surface area contributed by atoms with Crippen molar-refractivity contribution in [1.29, 1.82) is 0 Å². The topological polar surface area (TPSA) is 74.2 Å². The molecule has 2 N–H and O–H groups in total. The van der Waals surface area contributed by atoms with Gasteiger partial charge in [0.25, 0.3) is 0 Å². The minimum Gasteiger partial charge on any atom is -0.496 e. The normalized spacial score (nSPS) is 12.4. The van der Waals surface area contributed by atoms with E-state index in [9.17, 15) is 0 Å². The summed E-state index contributed by atoms with van der Waals surface area (Å²) in [4.78, 5) is 4.36. The van der Waals surface area contributed by atoms with E-state index in [1.54, 1.807) is 18.9 Å². The predicted octanol–water partition coefficient (Wildman–Crippen LogP) is 3.26. The van der Waals surface area contributed by atoms with Crippen LogP contribution in [0.3, 0.4) is 0 Å². The van der Waals surface area contributed by atoms with Crippen molar-refractivity contribution in [2.75, 3.05) is 19.1 Å². The molecule has 0 saturated carbocycles. The molecule has 0 aliphatic carbocycles. The molecule has 5 nitrogen and oxygen atoms in total. The SMILES string of the molecule is COc1ccc(-c2noc([C@H](N)CCSC)n2)cc1Br.